The van der Waals surface area contributed by atoms with E-state index in [1.807, 2.05) is 54.2 Å². The Morgan fingerprint density at radius 3 is 2.04 bits per heavy atom. The molecule has 10 nitrogen and oxygen atoms in total. The van der Waals surface area contributed by atoms with Crippen molar-refractivity contribution in [1.29, 1.82) is 0 Å². The summed E-state index contributed by atoms with van der Waals surface area (Å²) in [4.78, 5) is 17.3. The summed E-state index contributed by atoms with van der Waals surface area (Å²) < 4.78 is 21.3. The number of aliphatic hydroxyl groups excluding tert-OH is 2. The van der Waals surface area contributed by atoms with E-state index in [2.05, 4.69) is 56.0 Å². The second kappa shape index (κ2) is 29.8. The molecule has 0 radical (unpaired) electrons. The van der Waals surface area contributed by atoms with Gasteiger partial charge in [0, 0.05) is 43.2 Å². The summed E-state index contributed by atoms with van der Waals surface area (Å²) in [6, 6.07) is 31.2. The predicted octanol–water partition coefficient (Wildman–Crippen LogP) is 16.1. The van der Waals surface area contributed by atoms with Gasteiger partial charge in [0.2, 0.25) is 5.79 Å². The van der Waals surface area contributed by atoms with Gasteiger partial charge in [0.1, 0.15) is 23.9 Å². The topological polar surface area (TPSA) is 133 Å². The third kappa shape index (κ3) is 15.6. The van der Waals surface area contributed by atoms with E-state index in [1.165, 1.54) is 95.6 Å². The van der Waals surface area contributed by atoms with Gasteiger partial charge in [0.05, 0.1) is 28.4 Å². The van der Waals surface area contributed by atoms with Crippen molar-refractivity contribution in [3.8, 4) is 28.4 Å². The fraction of sp³-hybridized carbons (Fsp3) is 0.532. The first-order valence-electron chi connectivity index (χ1n) is 27.8. The maximum Gasteiger partial charge on any atom is 0.269 e. The van der Waals surface area contributed by atoms with Crippen LogP contribution in [0.15, 0.2) is 127 Å². The molecule has 0 aromatic heterocycles. The third-order valence-electron chi connectivity index (χ3n) is 15.2. The molecule has 0 amide bonds. The number of oxime groups is 1. The second-order valence-corrected chi connectivity index (χ2v) is 21.7. The van der Waals surface area contributed by atoms with Crippen LogP contribution in [-0.2, 0) is 16.2 Å². The average molecular weight is 1020 g/mol. The molecule has 2 N–H and O–H groups in total. The molecule has 1 heterocycles. The van der Waals surface area contributed by atoms with E-state index in [0.29, 0.717) is 25.9 Å². The molecule has 1 aliphatic heterocycles. The number of allylic oxidation sites excluding steroid dienone is 1. The highest BCUT2D eigenvalue weighted by molar-refractivity contribution is 8.00. The Labute approximate surface area is 440 Å². The normalized spacial score (nSPS) is 21.4. The van der Waals surface area contributed by atoms with Crippen LogP contribution in [0.2, 0.25) is 0 Å². The predicted molar refractivity (Wildman–Crippen MR) is 298 cm³/mol. The molecule has 0 bridgehead atoms. The number of non-ortho nitro benzene ring substituents is 1. The van der Waals surface area contributed by atoms with E-state index < -0.39 is 10.7 Å². The number of nitro groups is 1. The molecule has 4 aromatic carbocycles. The van der Waals surface area contributed by atoms with Gasteiger partial charge in [-0.15, -0.1) is 6.58 Å². The quantitative estimate of drug-likeness (QED) is 0.0203. The third-order valence-corrected chi connectivity index (χ3v) is 16.6. The van der Waals surface area contributed by atoms with Crippen LogP contribution in [0.4, 0.5) is 5.69 Å². The Kier molecular flexibility index (Phi) is 22.8. The molecule has 2 aliphatic carbocycles. The van der Waals surface area contributed by atoms with Crippen LogP contribution < -0.4 is 9.47 Å². The van der Waals surface area contributed by atoms with Crippen molar-refractivity contribution in [3.05, 3.63) is 143 Å². The van der Waals surface area contributed by atoms with Crippen molar-refractivity contribution in [2.24, 2.45) is 22.9 Å². The molecule has 7 rings (SSSR count). The minimum Gasteiger partial charge on any atom is -0.460 e. The molecule has 0 unspecified atom stereocenters. The van der Waals surface area contributed by atoms with Gasteiger partial charge in [-0.3, -0.25) is 10.1 Å². The first-order chi connectivity index (χ1) is 35.9. The highest BCUT2D eigenvalue weighted by Gasteiger charge is 2.64. The maximum atomic E-state index is 11.4. The molecular weight excluding hydrogens is 933 g/mol. The van der Waals surface area contributed by atoms with Gasteiger partial charge in [-0.2, -0.15) is 11.8 Å². The van der Waals surface area contributed by atoms with Crippen LogP contribution in [0.25, 0.3) is 11.1 Å². The van der Waals surface area contributed by atoms with Crippen molar-refractivity contribution >= 4 is 23.2 Å². The van der Waals surface area contributed by atoms with Crippen molar-refractivity contribution in [2.45, 2.75) is 165 Å². The van der Waals surface area contributed by atoms with Gasteiger partial charge in [-0.1, -0.05) is 163 Å². The summed E-state index contributed by atoms with van der Waals surface area (Å²) >= 11 is 1.92. The lowest BCUT2D eigenvalue weighted by Crippen LogP contribution is -2.64. The second-order valence-electron chi connectivity index (χ2n) is 20.4. The number of nitro benzene ring substituents is 1. The number of ether oxygens (including phenoxy) is 3. The zero-order valence-corrected chi connectivity index (χ0v) is 44.3. The van der Waals surface area contributed by atoms with Gasteiger partial charge in [0.25, 0.3) is 5.69 Å². The zero-order chi connectivity index (χ0) is 51.1. The molecule has 6 atom stereocenters. The molecule has 3 aliphatic rings. The van der Waals surface area contributed by atoms with Crippen LogP contribution in [0.5, 0.6) is 17.2 Å². The maximum absolute atomic E-state index is 11.4. The molecule has 1 fully saturated rings. The number of hydrogen-bond donors (Lipinski definition) is 2. The molecule has 1 saturated carbocycles. The summed E-state index contributed by atoms with van der Waals surface area (Å²) in [6.07, 6.45) is 28.1. The largest absolute Gasteiger partial charge is 0.460 e. The first kappa shape index (κ1) is 55.8. The Morgan fingerprint density at radius 2 is 1.40 bits per heavy atom. The lowest BCUT2D eigenvalue weighted by atomic mass is 9.56. The minimum atomic E-state index is -1.06. The Hall–Kier alpha value is -4.94. The van der Waals surface area contributed by atoms with E-state index in [1.54, 1.807) is 12.1 Å². The van der Waals surface area contributed by atoms with Gasteiger partial charge < -0.3 is 29.3 Å². The summed E-state index contributed by atoms with van der Waals surface area (Å²) in [5, 5.41) is 36.3. The highest BCUT2D eigenvalue weighted by Crippen LogP contribution is 2.63. The standard InChI is InChI=1S/C62H82N2O8S/c1-3-5-6-7-8-9-10-11-12-13-14-15-16-24-42-73-59-45-57(63-70-46-47-29-33-51(34-30-47)64(67)68)55-43-50(27-20-22-39-65)54(28-21-23-40-66)60-56-44-53(37-38-58(56)72-62(59,61(55)60)69-41-4-2)71-52-35-31-49(32-36-52)48-25-18-17-19-26-48/h4,17-19,25-26,29-38,43-44,50,54,59-61,65-66H,2-3,5-16,20-24,27-28,39-42,45-46H2,1H3/t50-,54+,59-,60+,61+,62+/m0/s1. The fourth-order valence-electron chi connectivity index (χ4n) is 11.4. The number of benzene rings is 4. The monoisotopic (exact) mass is 1010 g/mol. The Morgan fingerprint density at radius 1 is 0.767 bits per heavy atom. The molecule has 11 heteroatoms. The number of nitrogens with zero attached hydrogens (tertiary/aromatic N) is 2. The lowest BCUT2D eigenvalue weighted by Gasteiger charge is -2.58. The van der Waals surface area contributed by atoms with Gasteiger partial charge >= 0.3 is 0 Å². The number of fused-ring (bicyclic) bond motifs is 2. The molecule has 0 spiro atoms. The van der Waals surface area contributed by atoms with E-state index in [-0.39, 0.29) is 54.4 Å². The van der Waals surface area contributed by atoms with Crippen LogP contribution in [-0.4, -0.2) is 57.5 Å². The van der Waals surface area contributed by atoms with E-state index in [9.17, 15) is 20.3 Å². The first-order valence-corrected chi connectivity index (χ1v) is 28.8. The molecule has 73 heavy (non-hydrogen) atoms. The van der Waals surface area contributed by atoms with Crippen molar-refractivity contribution in [2.75, 3.05) is 25.6 Å². The Bertz CT molecular complexity index is 2340. The SMILES string of the molecule is C=CCO[C@@]12Oc3ccc(Oc4ccc(-c5ccccc5)cc4)cc3[C@H]3[C@H](CCCCO)[C@@H](CCCCO)C=C(C(=NOCc4ccc([N+](=O)[O-])cc4)C[C@@H]1SCCCCCCCCCCCCCCCC)[C@H]32. The van der Waals surface area contributed by atoms with Crippen LogP contribution in [0, 0.1) is 27.9 Å². The molecular formula is C62H82N2O8S. The number of hydrogen-bond acceptors (Lipinski definition) is 10. The fourth-order valence-corrected chi connectivity index (χ4v) is 12.9. The number of aliphatic hydroxyl groups is 2. The summed E-state index contributed by atoms with van der Waals surface area (Å²) in [5.74, 6) is 2.10. The van der Waals surface area contributed by atoms with Crippen molar-refractivity contribution in [1.82, 2.24) is 0 Å². The van der Waals surface area contributed by atoms with E-state index in [0.717, 1.165) is 88.6 Å². The summed E-state index contributed by atoms with van der Waals surface area (Å²) in [7, 11) is 0. The summed E-state index contributed by atoms with van der Waals surface area (Å²) in [5.41, 5.74) is 6.08. The van der Waals surface area contributed by atoms with E-state index in [4.69, 9.17) is 24.2 Å². The van der Waals surface area contributed by atoms with Gasteiger partial charge in [-0.25, -0.2) is 0 Å². The zero-order valence-electron chi connectivity index (χ0n) is 43.5. The number of rotatable bonds is 34. The molecule has 394 valence electrons. The molecule has 4 aromatic rings. The number of unbranched alkanes of at least 4 members (excludes halogenated alkanes) is 15. The minimum absolute atomic E-state index is 0.0307. The van der Waals surface area contributed by atoms with Crippen LogP contribution in [0.1, 0.15) is 159 Å². The van der Waals surface area contributed by atoms with Gasteiger partial charge in [-0.05, 0) is 114 Å². The smallest absolute Gasteiger partial charge is 0.269 e. The average Bonchev–Trinajstić information content (AvgIpc) is 3.41. The summed E-state index contributed by atoms with van der Waals surface area (Å²) in [6.45, 7) is 7.12. The number of thioether (sulfide) groups is 1. The Balaban J connectivity index is 1.19. The van der Waals surface area contributed by atoms with Crippen molar-refractivity contribution < 1.29 is 34.2 Å². The van der Waals surface area contributed by atoms with E-state index >= 15 is 0 Å². The molecule has 0 saturated heterocycles. The highest BCUT2D eigenvalue weighted by atomic mass is 32.2. The van der Waals surface area contributed by atoms with Crippen molar-refractivity contribution in [3.63, 3.8) is 0 Å². The van der Waals surface area contributed by atoms with Gasteiger partial charge in [0.15, 0.2) is 0 Å². The van der Waals surface area contributed by atoms with Crippen LogP contribution in [0.3, 0.4) is 0 Å². The lowest BCUT2D eigenvalue weighted by molar-refractivity contribution is -0.384. The van der Waals surface area contributed by atoms with Crippen LogP contribution >= 0.6 is 11.8 Å².